The van der Waals surface area contributed by atoms with Crippen molar-refractivity contribution in [1.29, 1.82) is 0 Å². The molecule has 0 bridgehead atoms. The smallest absolute Gasteiger partial charge is 0.311 e. The Morgan fingerprint density at radius 3 is 2.47 bits per heavy atom. The van der Waals surface area contributed by atoms with E-state index in [-0.39, 0.29) is 0 Å². The second kappa shape index (κ2) is 6.65. The summed E-state index contributed by atoms with van der Waals surface area (Å²) in [7, 11) is 0. The van der Waals surface area contributed by atoms with E-state index in [0.29, 0.717) is 17.4 Å². The van der Waals surface area contributed by atoms with Crippen LogP contribution in [0.5, 0.6) is 0 Å². The molecule has 2 nitrogen and oxygen atoms in total. The lowest BCUT2D eigenvalue weighted by atomic mass is 9.92. The van der Waals surface area contributed by atoms with E-state index < -0.39 is 11.9 Å². The van der Waals surface area contributed by atoms with Crippen LogP contribution >= 0.6 is 11.6 Å². The second-order valence-electron chi connectivity index (χ2n) is 4.74. The number of carboxylic acid groups (broad SMARTS) is 1. The van der Waals surface area contributed by atoms with Crippen LogP contribution in [-0.2, 0) is 4.79 Å². The van der Waals surface area contributed by atoms with Gasteiger partial charge in [-0.15, -0.1) is 0 Å². The summed E-state index contributed by atoms with van der Waals surface area (Å²) >= 11 is 6.04. The Labute approximate surface area is 108 Å². The molecule has 0 aromatic heterocycles. The second-order valence-corrected chi connectivity index (χ2v) is 5.14. The van der Waals surface area contributed by atoms with Crippen molar-refractivity contribution < 1.29 is 9.90 Å². The lowest BCUT2D eigenvalue weighted by Gasteiger charge is -2.14. The molecule has 0 saturated heterocycles. The fourth-order valence-electron chi connectivity index (χ4n) is 1.90. The fraction of sp³-hybridized carbons (Fsp3) is 0.500. The minimum absolute atomic E-state index is 0.484. The predicted octanol–water partition coefficient (Wildman–Crippen LogP) is 4.33. The molecule has 0 spiro atoms. The number of carbonyl (C=O) groups is 1. The minimum Gasteiger partial charge on any atom is -0.481 e. The lowest BCUT2D eigenvalue weighted by Crippen LogP contribution is -2.12. The maximum atomic E-state index is 11.3. The molecular weight excluding hydrogens is 236 g/mol. The number of hydrogen-bond donors (Lipinski definition) is 1. The van der Waals surface area contributed by atoms with Gasteiger partial charge in [0.25, 0.3) is 0 Å². The van der Waals surface area contributed by atoms with E-state index >= 15 is 0 Å². The van der Waals surface area contributed by atoms with Crippen LogP contribution in [-0.4, -0.2) is 11.1 Å². The van der Waals surface area contributed by atoms with Crippen molar-refractivity contribution in [3.8, 4) is 0 Å². The van der Waals surface area contributed by atoms with Crippen LogP contribution in [0, 0.1) is 5.92 Å². The first-order valence-electron chi connectivity index (χ1n) is 5.99. The van der Waals surface area contributed by atoms with Crippen molar-refractivity contribution in [3.05, 3.63) is 34.9 Å². The Hall–Kier alpha value is -1.02. The summed E-state index contributed by atoms with van der Waals surface area (Å²) in [5.74, 6) is -0.667. The molecule has 0 saturated carbocycles. The largest absolute Gasteiger partial charge is 0.481 e. The molecule has 1 aromatic carbocycles. The number of benzene rings is 1. The van der Waals surface area contributed by atoms with Gasteiger partial charge in [-0.1, -0.05) is 56.5 Å². The Bertz CT molecular complexity index is 374. The standard InChI is InChI=1S/C14H19ClO2/c1-10(2)6-5-8-12(14(16)17)11-7-3-4-9-13(11)15/h3-4,7,9-10,12H,5-6,8H2,1-2H3,(H,16,17). The van der Waals surface area contributed by atoms with Gasteiger partial charge in [-0.2, -0.15) is 0 Å². The summed E-state index contributed by atoms with van der Waals surface area (Å²) in [5, 5.41) is 9.80. The molecule has 94 valence electrons. The quantitative estimate of drug-likeness (QED) is 0.820. The Kier molecular flexibility index (Phi) is 5.49. The van der Waals surface area contributed by atoms with Gasteiger partial charge in [0.2, 0.25) is 0 Å². The molecular formula is C14H19ClO2. The van der Waals surface area contributed by atoms with Crippen molar-refractivity contribution in [2.45, 2.75) is 39.0 Å². The Morgan fingerprint density at radius 1 is 1.29 bits per heavy atom. The van der Waals surface area contributed by atoms with Gasteiger partial charge in [0.1, 0.15) is 0 Å². The number of rotatable bonds is 6. The van der Waals surface area contributed by atoms with Crippen LogP contribution in [0.25, 0.3) is 0 Å². The first-order valence-corrected chi connectivity index (χ1v) is 6.37. The van der Waals surface area contributed by atoms with E-state index in [1.165, 1.54) is 0 Å². The molecule has 1 N–H and O–H groups in total. The van der Waals surface area contributed by atoms with E-state index in [1.54, 1.807) is 12.1 Å². The van der Waals surface area contributed by atoms with Crippen LogP contribution in [0.15, 0.2) is 24.3 Å². The summed E-state index contributed by atoms with van der Waals surface area (Å²) in [5.41, 5.74) is 0.727. The van der Waals surface area contributed by atoms with Crippen molar-refractivity contribution in [2.24, 2.45) is 5.92 Å². The molecule has 0 aliphatic carbocycles. The van der Waals surface area contributed by atoms with Crippen molar-refractivity contribution in [3.63, 3.8) is 0 Å². The normalized spacial score (nSPS) is 12.7. The van der Waals surface area contributed by atoms with Gasteiger partial charge in [0, 0.05) is 5.02 Å². The number of aliphatic carboxylic acids is 1. The molecule has 17 heavy (non-hydrogen) atoms. The Balaban J connectivity index is 2.73. The molecule has 0 amide bonds. The van der Waals surface area contributed by atoms with Crippen LogP contribution in [0.2, 0.25) is 5.02 Å². The zero-order chi connectivity index (χ0) is 12.8. The van der Waals surface area contributed by atoms with Crippen LogP contribution in [0.3, 0.4) is 0 Å². The number of carboxylic acids is 1. The summed E-state index contributed by atoms with van der Waals surface area (Å²) in [6.45, 7) is 4.29. The van der Waals surface area contributed by atoms with Crippen molar-refractivity contribution >= 4 is 17.6 Å². The summed E-state index contributed by atoms with van der Waals surface area (Å²) in [6.07, 6.45) is 2.62. The molecule has 1 rings (SSSR count). The molecule has 0 fully saturated rings. The molecule has 1 atom stereocenters. The average Bonchev–Trinajstić information content (AvgIpc) is 2.25. The first-order chi connectivity index (χ1) is 8.02. The summed E-state index contributed by atoms with van der Waals surface area (Å²) < 4.78 is 0. The zero-order valence-corrected chi connectivity index (χ0v) is 11.1. The molecule has 3 heteroatoms. The Morgan fingerprint density at radius 2 is 1.94 bits per heavy atom. The third-order valence-electron chi connectivity index (χ3n) is 2.85. The zero-order valence-electron chi connectivity index (χ0n) is 10.3. The highest BCUT2D eigenvalue weighted by Crippen LogP contribution is 2.29. The fourth-order valence-corrected chi connectivity index (χ4v) is 2.17. The highest BCUT2D eigenvalue weighted by molar-refractivity contribution is 6.31. The molecule has 0 aliphatic heterocycles. The molecule has 1 unspecified atom stereocenters. The average molecular weight is 255 g/mol. The highest BCUT2D eigenvalue weighted by atomic mass is 35.5. The summed E-state index contributed by atoms with van der Waals surface area (Å²) in [6, 6.07) is 7.20. The maximum Gasteiger partial charge on any atom is 0.311 e. The SMILES string of the molecule is CC(C)CCCC(C(=O)O)c1ccccc1Cl. The number of hydrogen-bond acceptors (Lipinski definition) is 1. The molecule has 0 heterocycles. The lowest BCUT2D eigenvalue weighted by molar-refractivity contribution is -0.139. The first kappa shape index (κ1) is 14.0. The van der Waals surface area contributed by atoms with Gasteiger partial charge in [-0.25, -0.2) is 0 Å². The van der Waals surface area contributed by atoms with E-state index in [4.69, 9.17) is 11.6 Å². The minimum atomic E-state index is -0.790. The van der Waals surface area contributed by atoms with Crippen molar-refractivity contribution in [2.75, 3.05) is 0 Å². The third-order valence-corrected chi connectivity index (χ3v) is 3.20. The van der Waals surface area contributed by atoms with Gasteiger partial charge in [0.15, 0.2) is 0 Å². The van der Waals surface area contributed by atoms with Crippen LogP contribution in [0.1, 0.15) is 44.6 Å². The van der Waals surface area contributed by atoms with Gasteiger partial charge in [-0.3, -0.25) is 4.79 Å². The molecule has 0 radical (unpaired) electrons. The molecule has 1 aromatic rings. The van der Waals surface area contributed by atoms with E-state index in [2.05, 4.69) is 13.8 Å². The highest BCUT2D eigenvalue weighted by Gasteiger charge is 2.21. The van der Waals surface area contributed by atoms with Gasteiger partial charge >= 0.3 is 5.97 Å². The third kappa shape index (κ3) is 4.39. The summed E-state index contributed by atoms with van der Waals surface area (Å²) in [4.78, 5) is 11.3. The predicted molar refractivity (Wildman–Crippen MR) is 70.5 cm³/mol. The topological polar surface area (TPSA) is 37.3 Å². The van der Waals surface area contributed by atoms with E-state index in [9.17, 15) is 9.90 Å². The maximum absolute atomic E-state index is 11.3. The van der Waals surface area contributed by atoms with Crippen LogP contribution in [0.4, 0.5) is 0 Å². The van der Waals surface area contributed by atoms with Gasteiger partial charge in [-0.05, 0) is 24.0 Å². The van der Waals surface area contributed by atoms with Crippen molar-refractivity contribution in [1.82, 2.24) is 0 Å². The van der Waals surface area contributed by atoms with E-state index in [1.807, 2.05) is 12.1 Å². The number of halogens is 1. The molecule has 0 aliphatic rings. The monoisotopic (exact) mass is 254 g/mol. The van der Waals surface area contributed by atoms with Gasteiger partial charge < -0.3 is 5.11 Å². The van der Waals surface area contributed by atoms with Gasteiger partial charge in [0.05, 0.1) is 5.92 Å². The van der Waals surface area contributed by atoms with E-state index in [0.717, 1.165) is 18.4 Å². The van der Waals surface area contributed by atoms with Crippen LogP contribution < -0.4 is 0 Å².